The first-order chi connectivity index (χ1) is 13.6. The molecule has 0 bridgehead atoms. The lowest BCUT2D eigenvalue weighted by Gasteiger charge is -2.10. The van der Waals surface area contributed by atoms with Gasteiger partial charge in [0, 0.05) is 30.0 Å². The number of hydrogen-bond donors (Lipinski definition) is 2. The lowest BCUT2D eigenvalue weighted by molar-refractivity contribution is 1.07. The van der Waals surface area contributed by atoms with Crippen molar-refractivity contribution in [2.75, 3.05) is 0 Å². The molecule has 1 aliphatic carbocycles. The number of nitrogens with zero attached hydrogens (tertiary/aromatic N) is 1. The third-order valence-corrected chi connectivity index (χ3v) is 5.15. The van der Waals surface area contributed by atoms with Gasteiger partial charge in [0.1, 0.15) is 5.84 Å². The first-order valence-corrected chi connectivity index (χ1v) is 9.91. The van der Waals surface area contributed by atoms with E-state index in [-0.39, 0.29) is 0 Å². The van der Waals surface area contributed by atoms with Gasteiger partial charge in [-0.1, -0.05) is 36.9 Å². The Balaban J connectivity index is 1.57. The summed E-state index contributed by atoms with van der Waals surface area (Å²) in [7, 11) is 0. The summed E-state index contributed by atoms with van der Waals surface area (Å²) in [6.07, 6.45) is 7.31. The van der Waals surface area contributed by atoms with Gasteiger partial charge in [-0.05, 0) is 78.5 Å². The predicted molar refractivity (Wildman–Crippen MR) is 119 cm³/mol. The first kappa shape index (κ1) is 18.3. The molecule has 0 saturated heterocycles. The zero-order valence-electron chi connectivity index (χ0n) is 16.6. The Morgan fingerprint density at radius 2 is 2.04 bits per heavy atom. The van der Waals surface area contributed by atoms with E-state index in [1.54, 1.807) is 0 Å². The van der Waals surface area contributed by atoms with Crippen molar-refractivity contribution in [1.29, 1.82) is 0 Å². The Morgan fingerprint density at radius 3 is 2.82 bits per heavy atom. The number of allylic oxidation sites excluding steroid dienone is 2. The maximum absolute atomic E-state index is 4.77. The number of aliphatic imine (C=N–C) groups is 1. The molecular weight excluding hydrogens is 342 g/mol. The summed E-state index contributed by atoms with van der Waals surface area (Å²) in [6, 6.07) is 17.4. The standard InChI is InChI=1S/C25H27N3/c1-17(2)28-25(14-19-7-10-24-23(13-19)11-12-26-24)27-16-18(3)21-5-4-6-22(15-21)20-8-9-20/h4-7,10-13,15-16,20,26H,1,8-9,14H2,2-3H3,(H,27,28)/b18-16+. The van der Waals surface area contributed by atoms with Gasteiger partial charge in [0.2, 0.25) is 0 Å². The summed E-state index contributed by atoms with van der Waals surface area (Å²) in [5.41, 5.74) is 7.14. The molecular formula is C25H27N3. The topological polar surface area (TPSA) is 40.2 Å². The van der Waals surface area contributed by atoms with Crippen LogP contribution in [0.4, 0.5) is 0 Å². The highest BCUT2D eigenvalue weighted by Gasteiger charge is 2.23. The number of hydrogen-bond acceptors (Lipinski definition) is 1. The van der Waals surface area contributed by atoms with E-state index in [0.717, 1.165) is 29.4 Å². The van der Waals surface area contributed by atoms with Crippen LogP contribution in [0.25, 0.3) is 16.5 Å². The van der Waals surface area contributed by atoms with Gasteiger partial charge in [0.25, 0.3) is 0 Å². The van der Waals surface area contributed by atoms with Crippen LogP contribution in [0, 0.1) is 0 Å². The summed E-state index contributed by atoms with van der Waals surface area (Å²) in [5.74, 6) is 1.67. The molecule has 1 heterocycles. The maximum Gasteiger partial charge on any atom is 0.110 e. The van der Waals surface area contributed by atoms with Crippen molar-refractivity contribution < 1.29 is 0 Å². The minimum atomic E-state index is 0.736. The Labute approximate surface area is 166 Å². The van der Waals surface area contributed by atoms with Gasteiger partial charge in [-0.15, -0.1) is 0 Å². The van der Waals surface area contributed by atoms with E-state index in [1.165, 1.54) is 40.5 Å². The second kappa shape index (κ2) is 7.89. The van der Waals surface area contributed by atoms with Gasteiger partial charge < -0.3 is 10.3 Å². The van der Waals surface area contributed by atoms with Crippen LogP contribution in [-0.4, -0.2) is 10.8 Å². The third kappa shape index (κ3) is 4.42. The molecule has 3 aromatic rings. The van der Waals surface area contributed by atoms with Crippen LogP contribution in [-0.2, 0) is 6.42 Å². The number of aromatic amines is 1. The number of benzene rings is 2. The van der Waals surface area contributed by atoms with Crippen molar-refractivity contribution in [2.24, 2.45) is 4.99 Å². The summed E-state index contributed by atoms with van der Waals surface area (Å²) in [4.78, 5) is 8.01. The Kier molecular flexibility index (Phi) is 5.16. The van der Waals surface area contributed by atoms with Crippen molar-refractivity contribution in [3.8, 4) is 0 Å². The van der Waals surface area contributed by atoms with Gasteiger partial charge in [0.05, 0.1) is 0 Å². The van der Waals surface area contributed by atoms with Gasteiger partial charge in [-0.25, -0.2) is 4.99 Å². The van der Waals surface area contributed by atoms with Gasteiger partial charge >= 0.3 is 0 Å². The van der Waals surface area contributed by atoms with Gasteiger partial charge in [-0.3, -0.25) is 0 Å². The molecule has 2 N–H and O–H groups in total. The van der Waals surface area contributed by atoms with Crippen LogP contribution in [0.1, 0.15) is 49.3 Å². The molecule has 3 heteroatoms. The molecule has 0 spiro atoms. The fraction of sp³-hybridized carbons (Fsp3) is 0.240. The van der Waals surface area contributed by atoms with Crippen molar-refractivity contribution >= 4 is 22.3 Å². The molecule has 4 rings (SSSR count). The largest absolute Gasteiger partial charge is 0.361 e. The molecule has 1 saturated carbocycles. The molecule has 0 atom stereocenters. The highest BCUT2D eigenvalue weighted by molar-refractivity contribution is 5.88. The van der Waals surface area contributed by atoms with Crippen LogP contribution in [0.2, 0.25) is 0 Å². The van der Waals surface area contributed by atoms with Crippen LogP contribution in [0.5, 0.6) is 0 Å². The predicted octanol–water partition coefficient (Wildman–Crippen LogP) is 6.17. The Morgan fingerprint density at radius 1 is 1.18 bits per heavy atom. The maximum atomic E-state index is 4.77. The average molecular weight is 370 g/mol. The fourth-order valence-electron chi connectivity index (χ4n) is 3.48. The number of aromatic nitrogens is 1. The molecule has 1 aromatic heterocycles. The summed E-state index contributed by atoms with van der Waals surface area (Å²) in [5, 5.41) is 4.54. The fourth-order valence-corrected chi connectivity index (χ4v) is 3.48. The molecule has 28 heavy (non-hydrogen) atoms. The smallest absolute Gasteiger partial charge is 0.110 e. The number of fused-ring (bicyclic) bond motifs is 1. The molecule has 1 fully saturated rings. The van der Waals surface area contributed by atoms with Crippen LogP contribution in [0.15, 0.2) is 78.2 Å². The quantitative estimate of drug-likeness (QED) is 0.396. The molecule has 2 aromatic carbocycles. The van der Waals surface area contributed by atoms with Gasteiger partial charge in [0.15, 0.2) is 0 Å². The molecule has 142 valence electrons. The summed E-state index contributed by atoms with van der Waals surface area (Å²) in [6.45, 7) is 8.07. The monoisotopic (exact) mass is 369 g/mol. The van der Waals surface area contributed by atoms with Crippen molar-refractivity contribution in [3.05, 3.63) is 89.9 Å². The lowest BCUT2D eigenvalue weighted by Crippen LogP contribution is -2.23. The van der Waals surface area contributed by atoms with E-state index in [9.17, 15) is 0 Å². The highest BCUT2D eigenvalue weighted by Crippen LogP contribution is 2.40. The van der Waals surface area contributed by atoms with Crippen molar-refractivity contribution in [2.45, 2.75) is 39.0 Å². The SMILES string of the molecule is C=C(C)NC(Cc1ccc2[nH]ccc2c1)=N/C=C(\C)c1cccc(C2CC2)c1. The molecule has 0 aliphatic heterocycles. The molecule has 3 nitrogen and oxygen atoms in total. The van der Waals surface area contributed by atoms with E-state index in [1.807, 2.05) is 19.3 Å². The van der Waals surface area contributed by atoms with Crippen LogP contribution < -0.4 is 5.32 Å². The number of nitrogens with one attached hydrogen (secondary N) is 2. The zero-order valence-corrected chi connectivity index (χ0v) is 16.6. The zero-order chi connectivity index (χ0) is 19.5. The summed E-state index contributed by atoms with van der Waals surface area (Å²) >= 11 is 0. The van der Waals surface area contributed by atoms with Crippen molar-refractivity contribution in [1.82, 2.24) is 10.3 Å². The molecule has 0 unspecified atom stereocenters. The normalized spacial score (nSPS) is 15.1. The molecule has 1 aliphatic rings. The minimum Gasteiger partial charge on any atom is -0.361 e. The number of H-pyrrole nitrogens is 1. The van der Waals surface area contributed by atoms with E-state index < -0.39 is 0 Å². The number of amidine groups is 1. The lowest BCUT2D eigenvalue weighted by atomic mass is 10.0. The van der Waals surface area contributed by atoms with Crippen molar-refractivity contribution in [3.63, 3.8) is 0 Å². The van der Waals surface area contributed by atoms with E-state index >= 15 is 0 Å². The minimum absolute atomic E-state index is 0.736. The molecule has 0 amide bonds. The Bertz CT molecular complexity index is 1060. The highest BCUT2D eigenvalue weighted by atomic mass is 15.0. The Hall–Kier alpha value is -3.07. The van der Waals surface area contributed by atoms with Crippen LogP contribution >= 0.6 is 0 Å². The third-order valence-electron chi connectivity index (χ3n) is 5.15. The van der Waals surface area contributed by atoms with E-state index in [4.69, 9.17) is 4.99 Å². The van der Waals surface area contributed by atoms with Gasteiger partial charge in [-0.2, -0.15) is 0 Å². The second-order valence-electron chi connectivity index (χ2n) is 7.77. The number of rotatable bonds is 6. The second-order valence-corrected chi connectivity index (χ2v) is 7.77. The first-order valence-electron chi connectivity index (χ1n) is 9.91. The molecule has 0 radical (unpaired) electrons. The van der Waals surface area contributed by atoms with E-state index in [0.29, 0.717) is 0 Å². The average Bonchev–Trinajstić information content (AvgIpc) is 3.43. The van der Waals surface area contributed by atoms with E-state index in [2.05, 4.69) is 72.3 Å². The summed E-state index contributed by atoms with van der Waals surface area (Å²) < 4.78 is 0. The van der Waals surface area contributed by atoms with Crippen LogP contribution in [0.3, 0.4) is 0 Å².